The molecule has 0 atom stereocenters. The third kappa shape index (κ3) is 5.24. The van der Waals surface area contributed by atoms with E-state index in [0.29, 0.717) is 0 Å². The first kappa shape index (κ1) is 28.8. The van der Waals surface area contributed by atoms with Crippen LogP contribution in [-0.4, -0.2) is 7.05 Å². The molecular formula is C47H34N2. The lowest BCUT2D eigenvalue weighted by Crippen LogP contribution is -2.11. The van der Waals surface area contributed by atoms with Crippen molar-refractivity contribution in [2.75, 3.05) is 16.8 Å². The van der Waals surface area contributed by atoms with Gasteiger partial charge in [-0.25, -0.2) is 0 Å². The summed E-state index contributed by atoms with van der Waals surface area (Å²) in [7, 11) is 2.14. The standard InChI is InChI=1S/C47H34N2/c1-48(43-29-24-39-30-37-12-2-3-13-38(37)31-40(39)32-43)41-25-20-33(21-26-41)34-22-27-42(28-23-34)49(46-18-8-14-35-10-4-6-16-44(35)46)47-19-9-15-36-11-5-7-17-45(36)47/h2-32H,1H3. The van der Waals surface area contributed by atoms with Crippen molar-refractivity contribution in [1.82, 2.24) is 0 Å². The third-order valence-electron chi connectivity index (χ3n) is 9.80. The highest BCUT2D eigenvalue weighted by Crippen LogP contribution is 2.42. The van der Waals surface area contributed by atoms with Gasteiger partial charge in [-0.05, 0) is 104 Å². The van der Waals surface area contributed by atoms with E-state index in [0.717, 1.165) is 22.7 Å². The monoisotopic (exact) mass is 626 g/mol. The van der Waals surface area contributed by atoms with Gasteiger partial charge in [0.05, 0.1) is 11.4 Å². The number of rotatable bonds is 6. The zero-order valence-corrected chi connectivity index (χ0v) is 27.3. The zero-order valence-electron chi connectivity index (χ0n) is 27.3. The SMILES string of the molecule is CN(c1ccc(-c2ccc(N(c3cccc4ccccc34)c3cccc4ccccc34)cc2)cc1)c1ccc2cc3ccccc3cc2c1. The summed E-state index contributed by atoms with van der Waals surface area (Å²) in [5.41, 5.74) is 8.15. The van der Waals surface area contributed by atoms with Gasteiger partial charge in [-0.1, -0.05) is 127 Å². The van der Waals surface area contributed by atoms with E-state index in [4.69, 9.17) is 0 Å². The van der Waals surface area contributed by atoms with Gasteiger partial charge in [-0.15, -0.1) is 0 Å². The van der Waals surface area contributed by atoms with Crippen LogP contribution in [0.15, 0.2) is 188 Å². The molecule has 0 N–H and O–H groups in total. The summed E-state index contributed by atoms with van der Waals surface area (Å²) < 4.78 is 0. The van der Waals surface area contributed by atoms with E-state index in [1.165, 1.54) is 59.9 Å². The molecular weight excluding hydrogens is 593 g/mol. The largest absolute Gasteiger partial charge is 0.345 e. The van der Waals surface area contributed by atoms with Crippen molar-refractivity contribution >= 4 is 71.5 Å². The molecule has 9 aromatic carbocycles. The predicted molar refractivity (Wildman–Crippen MR) is 211 cm³/mol. The van der Waals surface area contributed by atoms with Crippen LogP contribution in [-0.2, 0) is 0 Å². The van der Waals surface area contributed by atoms with E-state index in [9.17, 15) is 0 Å². The molecule has 232 valence electrons. The Labute approximate surface area is 286 Å². The topological polar surface area (TPSA) is 6.48 Å². The molecule has 49 heavy (non-hydrogen) atoms. The Kier molecular flexibility index (Phi) is 7.06. The molecule has 0 radical (unpaired) electrons. The summed E-state index contributed by atoms with van der Waals surface area (Å²) in [6.45, 7) is 0. The lowest BCUT2D eigenvalue weighted by atomic mass is 10.0. The first-order valence-corrected chi connectivity index (χ1v) is 16.8. The van der Waals surface area contributed by atoms with Crippen LogP contribution >= 0.6 is 0 Å². The van der Waals surface area contributed by atoms with Crippen LogP contribution in [0.25, 0.3) is 54.2 Å². The van der Waals surface area contributed by atoms with Crippen LogP contribution in [0, 0.1) is 0 Å². The van der Waals surface area contributed by atoms with E-state index in [-0.39, 0.29) is 0 Å². The van der Waals surface area contributed by atoms with Crippen LogP contribution in [0.2, 0.25) is 0 Å². The van der Waals surface area contributed by atoms with Gasteiger partial charge >= 0.3 is 0 Å². The predicted octanol–water partition coefficient (Wildman–Crippen LogP) is 13.2. The van der Waals surface area contributed by atoms with E-state index < -0.39 is 0 Å². The van der Waals surface area contributed by atoms with Crippen molar-refractivity contribution < 1.29 is 0 Å². The molecule has 2 heteroatoms. The molecule has 0 heterocycles. The van der Waals surface area contributed by atoms with Gasteiger partial charge < -0.3 is 9.80 Å². The summed E-state index contributed by atoms with van der Waals surface area (Å²) in [6, 6.07) is 68.1. The number of hydrogen-bond acceptors (Lipinski definition) is 2. The molecule has 2 nitrogen and oxygen atoms in total. The molecule has 0 aliphatic carbocycles. The fourth-order valence-corrected chi connectivity index (χ4v) is 7.18. The lowest BCUT2D eigenvalue weighted by Gasteiger charge is -2.28. The van der Waals surface area contributed by atoms with Crippen LogP contribution in [0.4, 0.5) is 28.4 Å². The second-order valence-corrected chi connectivity index (χ2v) is 12.7. The highest BCUT2D eigenvalue weighted by molar-refractivity contribution is 6.05. The molecule has 0 aliphatic heterocycles. The summed E-state index contributed by atoms with van der Waals surface area (Å²) >= 11 is 0. The average Bonchev–Trinajstić information content (AvgIpc) is 3.17. The Morgan fingerprint density at radius 3 is 1.31 bits per heavy atom. The van der Waals surface area contributed by atoms with Gasteiger partial charge in [0.25, 0.3) is 0 Å². The number of benzene rings is 9. The first-order valence-electron chi connectivity index (χ1n) is 16.8. The van der Waals surface area contributed by atoms with Crippen LogP contribution < -0.4 is 9.80 Å². The Bertz CT molecular complexity index is 2530. The molecule has 0 fully saturated rings. The summed E-state index contributed by atoms with van der Waals surface area (Å²) in [5.74, 6) is 0. The Balaban J connectivity index is 1.05. The fraction of sp³-hybridized carbons (Fsp3) is 0.0213. The highest BCUT2D eigenvalue weighted by Gasteiger charge is 2.18. The molecule has 0 saturated carbocycles. The number of anilines is 5. The summed E-state index contributed by atoms with van der Waals surface area (Å²) in [5, 5.41) is 9.95. The molecule has 0 saturated heterocycles. The minimum Gasteiger partial charge on any atom is -0.345 e. The Morgan fingerprint density at radius 2 is 0.735 bits per heavy atom. The third-order valence-corrected chi connectivity index (χ3v) is 9.80. The van der Waals surface area contributed by atoms with E-state index in [1.807, 2.05) is 0 Å². The maximum Gasteiger partial charge on any atom is 0.0540 e. The first-order chi connectivity index (χ1) is 24.2. The van der Waals surface area contributed by atoms with Gasteiger partial charge in [0, 0.05) is 34.9 Å². The maximum atomic E-state index is 2.40. The zero-order chi connectivity index (χ0) is 32.7. The summed E-state index contributed by atoms with van der Waals surface area (Å²) in [6.07, 6.45) is 0. The van der Waals surface area contributed by atoms with E-state index in [2.05, 4.69) is 205 Å². The Hall–Kier alpha value is -6.38. The minimum absolute atomic E-state index is 1.12. The lowest BCUT2D eigenvalue weighted by molar-refractivity contribution is 1.21. The van der Waals surface area contributed by atoms with Crippen molar-refractivity contribution in [2.45, 2.75) is 0 Å². The van der Waals surface area contributed by atoms with Gasteiger partial charge in [0.15, 0.2) is 0 Å². The van der Waals surface area contributed by atoms with Crippen molar-refractivity contribution in [3.8, 4) is 11.1 Å². The number of hydrogen-bond donors (Lipinski definition) is 0. The van der Waals surface area contributed by atoms with Crippen molar-refractivity contribution in [2.24, 2.45) is 0 Å². The molecule has 0 unspecified atom stereocenters. The fourth-order valence-electron chi connectivity index (χ4n) is 7.18. The second-order valence-electron chi connectivity index (χ2n) is 12.7. The molecule has 9 rings (SSSR count). The maximum absolute atomic E-state index is 2.40. The van der Waals surface area contributed by atoms with Crippen LogP contribution in [0.5, 0.6) is 0 Å². The van der Waals surface area contributed by atoms with Gasteiger partial charge in [0.2, 0.25) is 0 Å². The minimum atomic E-state index is 1.12. The molecule has 0 aromatic heterocycles. The second kappa shape index (κ2) is 12.0. The normalized spacial score (nSPS) is 11.4. The van der Waals surface area contributed by atoms with Crippen LogP contribution in [0.1, 0.15) is 0 Å². The smallest absolute Gasteiger partial charge is 0.0540 e. The quantitative estimate of drug-likeness (QED) is 0.169. The molecule has 9 aromatic rings. The van der Waals surface area contributed by atoms with E-state index >= 15 is 0 Å². The van der Waals surface area contributed by atoms with Crippen LogP contribution in [0.3, 0.4) is 0 Å². The van der Waals surface area contributed by atoms with Crippen molar-refractivity contribution in [3.05, 3.63) is 188 Å². The average molecular weight is 627 g/mol. The molecule has 0 spiro atoms. The molecule has 0 bridgehead atoms. The Morgan fingerprint density at radius 1 is 0.306 bits per heavy atom. The van der Waals surface area contributed by atoms with E-state index in [1.54, 1.807) is 0 Å². The van der Waals surface area contributed by atoms with Crippen molar-refractivity contribution in [3.63, 3.8) is 0 Å². The molecule has 0 amide bonds. The van der Waals surface area contributed by atoms with Gasteiger partial charge in [-0.3, -0.25) is 0 Å². The summed E-state index contributed by atoms with van der Waals surface area (Å²) in [4.78, 5) is 4.66. The number of nitrogens with zero attached hydrogens (tertiary/aromatic N) is 2. The van der Waals surface area contributed by atoms with Gasteiger partial charge in [0.1, 0.15) is 0 Å². The van der Waals surface area contributed by atoms with Gasteiger partial charge in [-0.2, -0.15) is 0 Å². The van der Waals surface area contributed by atoms with Crippen molar-refractivity contribution in [1.29, 1.82) is 0 Å². The number of fused-ring (bicyclic) bond motifs is 4. The highest BCUT2D eigenvalue weighted by atomic mass is 15.1. The molecule has 0 aliphatic rings.